The van der Waals surface area contributed by atoms with Crippen molar-refractivity contribution in [1.82, 2.24) is 5.32 Å². The molecule has 0 aliphatic carbocycles. The molecule has 1 saturated heterocycles. The van der Waals surface area contributed by atoms with Gasteiger partial charge in [0, 0.05) is 5.69 Å². The molecule has 0 unspecified atom stereocenters. The van der Waals surface area contributed by atoms with Gasteiger partial charge in [-0.2, -0.15) is 0 Å². The van der Waals surface area contributed by atoms with Gasteiger partial charge in [0.1, 0.15) is 6.61 Å². The van der Waals surface area contributed by atoms with Crippen molar-refractivity contribution in [3.8, 4) is 0 Å². The molecule has 0 radical (unpaired) electrons. The van der Waals surface area contributed by atoms with E-state index in [1.165, 1.54) is 0 Å². The predicted octanol–water partition coefficient (Wildman–Crippen LogP) is 1.04. The maximum absolute atomic E-state index is 10.8. The molecule has 1 aliphatic heterocycles. The Labute approximate surface area is 99.7 Å². The monoisotopic (exact) mass is 243 g/mol. The van der Waals surface area contributed by atoms with Crippen LogP contribution in [0.25, 0.3) is 0 Å². The van der Waals surface area contributed by atoms with Gasteiger partial charge in [0.15, 0.2) is 0 Å². The first-order chi connectivity index (χ1) is 7.28. The number of nitrogens with one attached hydrogen (secondary N) is 2. The molecule has 5 nitrogen and oxygen atoms in total. The summed E-state index contributed by atoms with van der Waals surface area (Å²) in [6, 6.07) is 7.81. The molecule has 0 saturated carbocycles. The number of carbonyl (C=O) groups is 1. The molecule has 1 aromatic rings. The Bertz CT molecular complexity index is 356. The van der Waals surface area contributed by atoms with E-state index in [9.17, 15) is 4.79 Å². The quantitative estimate of drug-likeness (QED) is 0.548. The van der Waals surface area contributed by atoms with Crippen molar-refractivity contribution < 1.29 is 9.53 Å². The number of anilines is 1. The van der Waals surface area contributed by atoms with E-state index >= 15 is 0 Å². The number of nitrogens with two attached hydrogens (primary N) is 1. The van der Waals surface area contributed by atoms with Crippen LogP contribution in [0.5, 0.6) is 0 Å². The molecular weight excluding hydrogens is 230 g/mol. The average molecular weight is 244 g/mol. The van der Waals surface area contributed by atoms with Gasteiger partial charge in [-0.1, -0.05) is 12.1 Å². The molecule has 4 N–H and O–H groups in total. The summed E-state index contributed by atoms with van der Waals surface area (Å²) >= 11 is 0. The topological polar surface area (TPSA) is 76.4 Å². The Morgan fingerprint density at radius 1 is 1.44 bits per heavy atom. The molecule has 16 heavy (non-hydrogen) atoms. The highest BCUT2D eigenvalue weighted by Crippen LogP contribution is 2.11. The van der Waals surface area contributed by atoms with E-state index in [2.05, 4.69) is 10.7 Å². The van der Waals surface area contributed by atoms with Crippen LogP contribution in [0.1, 0.15) is 5.56 Å². The highest BCUT2D eigenvalue weighted by molar-refractivity contribution is 5.85. The van der Waals surface area contributed by atoms with E-state index in [0.29, 0.717) is 6.61 Å². The second kappa shape index (κ2) is 5.58. The van der Waals surface area contributed by atoms with Gasteiger partial charge >= 0.3 is 6.09 Å². The number of benzene rings is 1. The number of hydrogen-bond acceptors (Lipinski definition) is 4. The van der Waals surface area contributed by atoms with Crippen LogP contribution in [0.4, 0.5) is 10.5 Å². The maximum atomic E-state index is 10.8. The van der Waals surface area contributed by atoms with Gasteiger partial charge in [-0.05, 0) is 24.1 Å². The second-order valence-corrected chi connectivity index (χ2v) is 3.49. The number of ether oxygens (including phenoxy) is 1. The van der Waals surface area contributed by atoms with Crippen LogP contribution in [0.3, 0.4) is 0 Å². The molecular formula is C10H14ClN3O2. The minimum absolute atomic E-state index is 0. The zero-order valence-corrected chi connectivity index (χ0v) is 9.42. The minimum atomic E-state index is -0.333. The maximum Gasteiger partial charge on any atom is 0.407 e. The first-order valence-corrected chi connectivity index (χ1v) is 4.77. The standard InChI is InChI=1S/C10H13N3O2.ClH/c11-13-8-3-1-7(2-4-8)5-9-6-15-10(14)12-9;/h1-4,9,13H,5-6,11H2,(H,12,14);1H/t9-;/m0./s1. The minimum Gasteiger partial charge on any atom is -0.447 e. The van der Waals surface area contributed by atoms with Crippen molar-refractivity contribution in [3.05, 3.63) is 29.8 Å². The molecule has 1 aliphatic rings. The Balaban J connectivity index is 0.00000128. The largest absolute Gasteiger partial charge is 0.447 e. The highest BCUT2D eigenvalue weighted by atomic mass is 35.5. The molecule has 1 heterocycles. The van der Waals surface area contributed by atoms with Gasteiger partial charge in [0.25, 0.3) is 0 Å². The van der Waals surface area contributed by atoms with Crippen molar-refractivity contribution in [2.24, 2.45) is 5.84 Å². The Morgan fingerprint density at radius 2 is 2.12 bits per heavy atom. The normalized spacial score (nSPS) is 18.3. The number of rotatable bonds is 3. The lowest BCUT2D eigenvalue weighted by atomic mass is 10.1. The summed E-state index contributed by atoms with van der Waals surface area (Å²) in [5.41, 5.74) is 4.57. The third-order valence-electron chi connectivity index (χ3n) is 2.34. The summed E-state index contributed by atoms with van der Waals surface area (Å²) in [6.45, 7) is 0.440. The van der Waals surface area contributed by atoms with Gasteiger partial charge < -0.3 is 15.5 Å². The zero-order valence-electron chi connectivity index (χ0n) is 8.60. The molecule has 88 valence electrons. The molecule has 6 heteroatoms. The van der Waals surface area contributed by atoms with Crippen molar-refractivity contribution in [2.75, 3.05) is 12.0 Å². The van der Waals surface area contributed by atoms with E-state index in [1.807, 2.05) is 24.3 Å². The van der Waals surface area contributed by atoms with Gasteiger partial charge in [-0.15, -0.1) is 12.4 Å². The Morgan fingerprint density at radius 3 is 2.62 bits per heavy atom. The fourth-order valence-corrected chi connectivity index (χ4v) is 1.56. The average Bonchev–Trinajstić information content (AvgIpc) is 2.65. The summed E-state index contributed by atoms with van der Waals surface area (Å²) in [6.07, 6.45) is 0.441. The molecule has 2 rings (SSSR count). The van der Waals surface area contributed by atoms with Crippen LogP contribution in [-0.2, 0) is 11.2 Å². The van der Waals surface area contributed by atoms with Gasteiger partial charge in [0.2, 0.25) is 0 Å². The molecule has 0 aromatic heterocycles. The SMILES string of the molecule is Cl.NNc1ccc(C[C@H]2COC(=O)N2)cc1. The number of halogens is 1. The fourth-order valence-electron chi connectivity index (χ4n) is 1.56. The van der Waals surface area contributed by atoms with Crippen molar-refractivity contribution in [3.63, 3.8) is 0 Å². The van der Waals surface area contributed by atoms with Gasteiger partial charge in [-0.3, -0.25) is 5.84 Å². The van der Waals surface area contributed by atoms with Crippen LogP contribution in [-0.4, -0.2) is 18.7 Å². The molecule has 1 atom stereocenters. The third kappa shape index (κ3) is 3.01. The van der Waals surface area contributed by atoms with Crippen molar-refractivity contribution >= 4 is 24.2 Å². The number of cyclic esters (lactones) is 1. The predicted molar refractivity (Wildman–Crippen MR) is 63.5 cm³/mol. The number of hydrogen-bond donors (Lipinski definition) is 3. The van der Waals surface area contributed by atoms with E-state index in [4.69, 9.17) is 10.6 Å². The van der Waals surface area contributed by atoms with Crippen molar-refractivity contribution in [1.29, 1.82) is 0 Å². The van der Waals surface area contributed by atoms with Crippen LogP contribution in [0, 0.1) is 0 Å². The van der Waals surface area contributed by atoms with Crippen LogP contribution in [0.15, 0.2) is 24.3 Å². The smallest absolute Gasteiger partial charge is 0.407 e. The summed E-state index contributed by atoms with van der Waals surface area (Å²) < 4.78 is 4.80. The summed E-state index contributed by atoms with van der Waals surface area (Å²) in [5, 5.41) is 2.73. The van der Waals surface area contributed by atoms with Crippen LogP contribution in [0.2, 0.25) is 0 Å². The Kier molecular flexibility index (Phi) is 4.39. The van der Waals surface area contributed by atoms with Crippen LogP contribution >= 0.6 is 12.4 Å². The molecule has 1 aromatic carbocycles. The van der Waals surface area contributed by atoms with Gasteiger partial charge in [-0.25, -0.2) is 4.79 Å². The van der Waals surface area contributed by atoms with E-state index in [1.54, 1.807) is 0 Å². The first-order valence-electron chi connectivity index (χ1n) is 4.77. The van der Waals surface area contributed by atoms with E-state index in [0.717, 1.165) is 17.7 Å². The highest BCUT2D eigenvalue weighted by Gasteiger charge is 2.21. The second-order valence-electron chi connectivity index (χ2n) is 3.49. The lowest BCUT2D eigenvalue weighted by Crippen LogP contribution is -2.28. The molecule has 0 bridgehead atoms. The lowest BCUT2D eigenvalue weighted by molar-refractivity contribution is 0.177. The molecule has 0 spiro atoms. The summed E-state index contributed by atoms with van der Waals surface area (Å²) in [5.74, 6) is 5.25. The van der Waals surface area contributed by atoms with Crippen LogP contribution < -0.4 is 16.6 Å². The summed E-state index contributed by atoms with van der Waals surface area (Å²) in [4.78, 5) is 10.8. The number of nitrogen functional groups attached to an aromatic ring is 1. The number of hydrazine groups is 1. The fraction of sp³-hybridized carbons (Fsp3) is 0.300. The number of carbonyl (C=O) groups excluding carboxylic acids is 1. The van der Waals surface area contributed by atoms with Gasteiger partial charge in [0.05, 0.1) is 6.04 Å². The van der Waals surface area contributed by atoms with E-state index < -0.39 is 0 Å². The number of alkyl carbamates (subject to hydrolysis) is 1. The lowest BCUT2D eigenvalue weighted by Gasteiger charge is -2.07. The van der Waals surface area contributed by atoms with Crippen molar-refractivity contribution in [2.45, 2.75) is 12.5 Å². The molecule has 1 fully saturated rings. The number of amides is 1. The first kappa shape index (κ1) is 12.6. The van der Waals surface area contributed by atoms with E-state index in [-0.39, 0.29) is 24.5 Å². The Hall–Kier alpha value is -1.46. The zero-order chi connectivity index (χ0) is 10.7. The molecule has 1 amide bonds. The third-order valence-corrected chi connectivity index (χ3v) is 2.34. The summed E-state index contributed by atoms with van der Waals surface area (Å²) in [7, 11) is 0.